The van der Waals surface area contributed by atoms with Crippen molar-refractivity contribution in [2.45, 2.75) is 19.4 Å². The van der Waals surface area contributed by atoms with Crippen LogP contribution >= 0.6 is 0 Å². The second-order valence-electron chi connectivity index (χ2n) is 4.72. The second kappa shape index (κ2) is 5.42. The van der Waals surface area contributed by atoms with E-state index in [9.17, 15) is 9.59 Å². The lowest BCUT2D eigenvalue weighted by atomic mass is 10.0. The van der Waals surface area contributed by atoms with Crippen molar-refractivity contribution in [3.63, 3.8) is 0 Å². The Morgan fingerprint density at radius 2 is 2.15 bits per heavy atom. The van der Waals surface area contributed by atoms with Crippen LogP contribution in [-0.4, -0.2) is 39.5 Å². The van der Waals surface area contributed by atoms with Crippen molar-refractivity contribution < 1.29 is 14.7 Å². The summed E-state index contributed by atoms with van der Waals surface area (Å²) in [6.07, 6.45) is -0.241. The van der Waals surface area contributed by atoms with Gasteiger partial charge >= 0.3 is 5.97 Å². The van der Waals surface area contributed by atoms with E-state index in [0.29, 0.717) is 5.56 Å². The predicted octanol–water partition coefficient (Wildman–Crippen LogP) is 1.13. The Hall–Kier alpha value is -2.21. The molecule has 0 saturated carbocycles. The maximum absolute atomic E-state index is 12.3. The number of carboxylic acid groups (broad SMARTS) is 1. The van der Waals surface area contributed by atoms with Gasteiger partial charge in [-0.3, -0.25) is 9.59 Å². The Morgan fingerprint density at radius 3 is 2.75 bits per heavy atom. The van der Waals surface area contributed by atoms with E-state index in [-0.39, 0.29) is 12.2 Å². The van der Waals surface area contributed by atoms with E-state index in [1.165, 1.54) is 0 Å². The van der Waals surface area contributed by atoms with Crippen LogP contribution in [0.15, 0.2) is 18.2 Å². The lowest BCUT2D eigenvalue weighted by molar-refractivity contribution is -0.137. The van der Waals surface area contributed by atoms with Crippen LogP contribution in [-0.2, 0) is 11.8 Å². The molecule has 6 nitrogen and oxygen atoms in total. The lowest BCUT2D eigenvalue weighted by Crippen LogP contribution is -2.36. The molecule has 2 rings (SSSR count). The van der Waals surface area contributed by atoms with Crippen LogP contribution in [0.4, 0.5) is 0 Å². The molecule has 0 radical (unpaired) electrons. The van der Waals surface area contributed by atoms with Crippen LogP contribution in [0.25, 0.3) is 11.0 Å². The Bertz CT molecular complexity index is 676. The summed E-state index contributed by atoms with van der Waals surface area (Å²) in [6.45, 7) is 1.89. The van der Waals surface area contributed by atoms with Crippen molar-refractivity contribution in [3.05, 3.63) is 29.6 Å². The maximum Gasteiger partial charge on any atom is 0.305 e. The first-order valence-electron chi connectivity index (χ1n) is 6.30. The van der Waals surface area contributed by atoms with Gasteiger partial charge in [0.15, 0.2) is 5.78 Å². The SMILES string of the molecule is CNC(CC(=O)O)C(=O)c1ccc2c(c1)nc(C)n2C. The van der Waals surface area contributed by atoms with Crippen molar-refractivity contribution in [2.24, 2.45) is 7.05 Å². The molecule has 0 aliphatic rings. The summed E-state index contributed by atoms with van der Waals surface area (Å²) in [7, 11) is 3.49. The third-order valence-electron chi connectivity index (χ3n) is 3.43. The first-order valence-corrected chi connectivity index (χ1v) is 6.30. The van der Waals surface area contributed by atoms with E-state index in [1.54, 1.807) is 19.2 Å². The number of aromatic nitrogens is 2. The van der Waals surface area contributed by atoms with Gasteiger partial charge in [0.2, 0.25) is 0 Å². The number of hydrogen-bond donors (Lipinski definition) is 2. The Kier molecular flexibility index (Phi) is 3.85. The molecule has 0 fully saturated rings. The van der Waals surface area contributed by atoms with E-state index >= 15 is 0 Å². The van der Waals surface area contributed by atoms with Crippen LogP contribution < -0.4 is 5.32 Å². The molecule has 20 heavy (non-hydrogen) atoms. The topological polar surface area (TPSA) is 84.2 Å². The molecule has 2 N–H and O–H groups in total. The molecule has 1 aromatic heterocycles. The minimum atomic E-state index is -1.01. The average molecular weight is 275 g/mol. The molecule has 0 spiro atoms. The number of imidazole rings is 1. The number of hydrogen-bond acceptors (Lipinski definition) is 4. The molecule has 1 atom stereocenters. The van der Waals surface area contributed by atoms with Crippen molar-refractivity contribution in [3.8, 4) is 0 Å². The number of fused-ring (bicyclic) bond motifs is 1. The molecule has 0 aliphatic carbocycles. The van der Waals surface area contributed by atoms with E-state index < -0.39 is 12.0 Å². The van der Waals surface area contributed by atoms with Crippen molar-refractivity contribution in [1.29, 1.82) is 0 Å². The van der Waals surface area contributed by atoms with Gasteiger partial charge in [-0.25, -0.2) is 4.98 Å². The first-order chi connectivity index (χ1) is 9.43. The van der Waals surface area contributed by atoms with Crippen LogP contribution in [0.2, 0.25) is 0 Å². The number of Topliss-reactive ketones (excluding diaryl/α,β-unsaturated/α-hetero) is 1. The van der Waals surface area contributed by atoms with Gasteiger partial charge in [0, 0.05) is 12.6 Å². The number of benzene rings is 1. The monoisotopic (exact) mass is 275 g/mol. The molecule has 0 saturated heterocycles. The van der Waals surface area contributed by atoms with Gasteiger partial charge in [-0.1, -0.05) is 0 Å². The number of aryl methyl sites for hydroxylation is 2. The highest BCUT2D eigenvalue weighted by molar-refractivity contribution is 6.03. The number of nitrogens with zero attached hydrogens (tertiary/aromatic N) is 2. The smallest absolute Gasteiger partial charge is 0.305 e. The molecule has 1 unspecified atom stereocenters. The Morgan fingerprint density at radius 1 is 1.45 bits per heavy atom. The Labute approximate surface area is 116 Å². The zero-order chi connectivity index (χ0) is 14.9. The van der Waals surface area contributed by atoms with Gasteiger partial charge in [0.05, 0.1) is 23.5 Å². The number of nitrogens with one attached hydrogen (secondary N) is 1. The highest BCUT2D eigenvalue weighted by atomic mass is 16.4. The number of carboxylic acids is 1. The molecular formula is C14H17N3O3. The van der Waals surface area contributed by atoms with E-state index in [1.807, 2.05) is 24.6 Å². The van der Waals surface area contributed by atoms with E-state index in [0.717, 1.165) is 16.9 Å². The third kappa shape index (κ3) is 2.55. The van der Waals surface area contributed by atoms with Crippen molar-refractivity contribution in [1.82, 2.24) is 14.9 Å². The Balaban J connectivity index is 2.37. The van der Waals surface area contributed by atoms with E-state index in [2.05, 4.69) is 10.3 Å². The highest BCUT2D eigenvalue weighted by Gasteiger charge is 2.21. The quantitative estimate of drug-likeness (QED) is 0.799. The summed E-state index contributed by atoms with van der Waals surface area (Å²) in [6, 6.07) is 4.51. The van der Waals surface area contributed by atoms with Gasteiger partial charge in [-0.05, 0) is 32.2 Å². The minimum absolute atomic E-state index is 0.236. The maximum atomic E-state index is 12.3. The number of carbonyl (C=O) groups excluding carboxylic acids is 1. The van der Waals surface area contributed by atoms with Gasteiger partial charge in [-0.15, -0.1) is 0 Å². The third-order valence-corrected chi connectivity index (χ3v) is 3.43. The van der Waals surface area contributed by atoms with Crippen LogP contribution in [0.1, 0.15) is 22.6 Å². The number of likely N-dealkylation sites (N-methyl/N-ethyl adjacent to an activating group) is 1. The molecule has 2 aromatic rings. The summed E-state index contributed by atoms with van der Waals surface area (Å²) < 4.78 is 1.94. The van der Waals surface area contributed by atoms with E-state index in [4.69, 9.17) is 5.11 Å². The summed E-state index contributed by atoms with van der Waals surface area (Å²) in [5.74, 6) is -0.382. The number of ketones is 1. The summed E-state index contributed by atoms with van der Waals surface area (Å²) in [5, 5.41) is 11.6. The largest absolute Gasteiger partial charge is 0.481 e. The fourth-order valence-electron chi connectivity index (χ4n) is 2.18. The number of aliphatic carboxylic acids is 1. The van der Waals surface area contributed by atoms with Crippen LogP contribution in [0.5, 0.6) is 0 Å². The van der Waals surface area contributed by atoms with Crippen LogP contribution in [0.3, 0.4) is 0 Å². The fourth-order valence-corrected chi connectivity index (χ4v) is 2.18. The fraction of sp³-hybridized carbons (Fsp3) is 0.357. The average Bonchev–Trinajstić information content (AvgIpc) is 2.70. The number of rotatable bonds is 5. The molecule has 0 amide bonds. The van der Waals surface area contributed by atoms with Gasteiger partial charge in [0.25, 0.3) is 0 Å². The minimum Gasteiger partial charge on any atom is -0.481 e. The van der Waals surface area contributed by atoms with Gasteiger partial charge in [0.1, 0.15) is 5.82 Å². The van der Waals surface area contributed by atoms with Crippen molar-refractivity contribution in [2.75, 3.05) is 7.05 Å². The predicted molar refractivity (Wildman–Crippen MR) is 74.9 cm³/mol. The van der Waals surface area contributed by atoms with Crippen LogP contribution in [0, 0.1) is 6.92 Å². The summed E-state index contributed by atoms with van der Waals surface area (Å²) >= 11 is 0. The summed E-state index contributed by atoms with van der Waals surface area (Å²) in [4.78, 5) is 27.4. The summed E-state index contributed by atoms with van der Waals surface area (Å²) in [5.41, 5.74) is 2.15. The molecule has 1 heterocycles. The molecule has 0 bridgehead atoms. The molecule has 1 aromatic carbocycles. The van der Waals surface area contributed by atoms with Gasteiger partial charge < -0.3 is 15.0 Å². The first kappa shape index (κ1) is 14.2. The molecule has 6 heteroatoms. The highest BCUT2D eigenvalue weighted by Crippen LogP contribution is 2.18. The second-order valence-corrected chi connectivity index (χ2v) is 4.72. The standard InChI is InChI=1S/C14H17N3O3/c1-8-16-10-6-9(4-5-12(10)17(8)3)14(20)11(15-2)7-13(18)19/h4-6,11,15H,7H2,1-3H3,(H,18,19). The molecule has 106 valence electrons. The lowest BCUT2D eigenvalue weighted by Gasteiger charge is -2.12. The normalized spacial score (nSPS) is 12.6. The zero-order valence-corrected chi connectivity index (χ0v) is 11.7. The number of carbonyl (C=O) groups is 2. The van der Waals surface area contributed by atoms with Crippen molar-refractivity contribution >= 4 is 22.8 Å². The molecular weight excluding hydrogens is 258 g/mol. The van der Waals surface area contributed by atoms with Gasteiger partial charge in [-0.2, -0.15) is 0 Å². The molecule has 0 aliphatic heterocycles. The zero-order valence-electron chi connectivity index (χ0n) is 11.7.